The first-order chi connectivity index (χ1) is 14.4. The third-order valence-electron chi connectivity index (χ3n) is 5.88. The number of Topliss-reactive ketones (excluding diaryl/α,β-unsaturated/α-hetero) is 2. The van der Waals surface area contributed by atoms with Gasteiger partial charge in [-0.25, -0.2) is 0 Å². The van der Waals surface area contributed by atoms with Gasteiger partial charge in [0, 0.05) is 45.9 Å². The molecular formula is C24H20O6. The topological polar surface area (TPSA) is 71.1 Å². The molecule has 0 aromatic heterocycles. The normalized spacial score (nSPS) is 18.6. The summed E-state index contributed by atoms with van der Waals surface area (Å²) in [4.78, 5) is 27.0. The van der Waals surface area contributed by atoms with Crippen molar-refractivity contribution in [1.29, 1.82) is 0 Å². The predicted octanol–water partition coefficient (Wildman–Crippen LogP) is 3.81. The Balaban J connectivity index is 1.68. The molecule has 1 atom stereocenters. The minimum absolute atomic E-state index is 0.0241. The molecule has 0 saturated heterocycles. The number of methoxy groups -OCH3 is 2. The molecule has 30 heavy (non-hydrogen) atoms. The Labute approximate surface area is 173 Å². The van der Waals surface area contributed by atoms with Crippen LogP contribution < -0.4 is 18.9 Å². The van der Waals surface area contributed by atoms with E-state index in [1.54, 1.807) is 24.3 Å². The van der Waals surface area contributed by atoms with Crippen LogP contribution in [0.1, 0.15) is 38.8 Å². The molecule has 5 rings (SSSR count). The van der Waals surface area contributed by atoms with Crippen LogP contribution in [-0.4, -0.2) is 38.5 Å². The Kier molecular flexibility index (Phi) is 4.00. The molecule has 0 N–H and O–H groups in total. The van der Waals surface area contributed by atoms with Crippen molar-refractivity contribution in [2.75, 3.05) is 20.8 Å². The number of hydrogen-bond acceptors (Lipinski definition) is 6. The first-order valence-electron chi connectivity index (χ1n) is 9.64. The Bertz CT molecular complexity index is 1190. The second kappa shape index (κ2) is 6.49. The highest BCUT2D eigenvalue weighted by molar-refractivity contribution is 6.41. The Morgan fingerprint density at radius 2 is 1.77 bits per heavy atom. The van der Waals surface area contributed by atoms with Crippen LogP contribution in [-0.2, 0) is 6.42 Å². The molecule has 152 valence electrons. The van der Waals surface area contributed by atoms with E-state index >= 15 is 0 Å². The molecule has 6 heteroatoms. The lowest BCUT2D eigenvalue weighted by Gasteiger charge is -2.28. The van der Waals surface area contributed by atoms with Crippen LogP contribution in [0.2, 0.25) is 0 Å². The summed E-state index contributed by atoms with van der Waals surface area (Å²) in [5, 5.41) is 0. The van der Waals surface area contributed by atoms with Crippen LogP contribution in [0.15, 0.2) is 42.0 Å². The molecule has 3 aliphatic rings. The van der Waals surface area contributed by atoms with Gasteiger partial charge >= 0.3 is 0 Å². The van der Waals surface area contributed by atoms with Crippen LogP contribution in [0.3, 0.4) is 0 Å². The van der Waals surface area contributed by atoms with Gasteiger partial charge in [-0.05, 0) is 30.7 Å². The SMILES string of the molecule is C=C(C)C1Cc2c(ccc3c2C(=O)C2=C(C3=O)c3cc(OC)c(OC)cc3OC2)O1. The van der Waals surface area contributed by atoms with Gasteiger partial charge in [0.2, 0.25) is 0 Å². The summed E-state index contributed by atoms with van der Waals surface area (Å²) in [5.74, 6) is 1.70. The molecule has 6 nitrogen and oxygen atoms in total. The van der Waals surface area contributed by atoms with Crippen molar-refractivity contribution >= 4 is 17.1 Å². The number of hydrogen-bond donors (Lipinski definition) is 0. The molecule has 0 fully saturated rings. The number of rotatable bonds is 3. The highest BCUT2D eigenvalue weighted by Gasteiger charge is 2.41. The van der Waals surface area contributed by atoms with E-state index in [1.165, 1.54) is 14.2 Å². The minimum Gasteiger partial charge on any atom is -0.493 e. The van der Waals surface area contributed by atoms with E-state index in [-0.39, 0.29) is 24.3 Å². The summed E-state index contributed by atoms with van der Waals surface area (Å²) >= 11 is 0. The van der Waals surface area contributed by atoms with Crippen LogP contribution in [0, 0.1) is 0 Å². The summed E-state index contributed by atoms with van der Waals surface area (Å²) in [5.41, 5.74) is 3.73. The van der Waals surface area contributed by atoms with Gasteiger partial charge in [0.25, 0.3) is 0 Å². The zero-order chi connectivity index (χ0) is 21.2. The van der Waals surface area contributed by atoms with Crippen molar-refractivity contribution in [3.05, 3.63) is 64.2 Å². The van der Waals surface area contributed by atoms with E-state index < -0.39 is 0 Å². The number of carbonyl (C=O) groups is 2. The predicted molar refractivity (Wildman–Crippen MR) is 110 cm³/mol. The molecule has 0 bridgehead atoms. The van der Waals surface area contributed by atoms with Crippen molar-refractivity contribution in [2.45, 2.75) is 19.4 Å². The lowest BCUT2D eigenvalue weighted by atomic mass is 9.78. The number of benzene rings is 2. The molecule has 0 saturated carbocycles. The maximum Gasteiger partial charge on any atom is 0.195 e. The van der Waals surface area contributed by atoms with E-state index in [0.29, 0.717) is 57.3 Å². The zero-order valence-corrected chi connectivity index (χ0v) is 17.0. The van der Waals surface area contributed by atoms with Gasteiger partial charge in [0.05, 0.1) is 14.2 Å². The van der Waals surface area contributed by atoms with E-state index in [0.717, 1.165) is 11.1 Å². The standard InChI is InChI=1S/C24H20O6/c1-11(2)17-7-13-16(30-17)6-5-12-21(13)24(26)15-10-29-18-9-20(28-4)19(27-3)8-14(18)22(15)23(12)25/h5-6,8-9,17H,1,7,10H2,2-4H3. The zero-order valence-electron chi connectivity index (χ0n) is 17.0. The van der Waals surface area contributed by atoms with Gasteiger partial charge < -0.3 is 18.9 Å². The fourth-order valence-corrected chi connectivity index (χ4v) is 4.33. The summed E-state index contributed by atoms with van der Waals surface area (Å²) < 4.78 is 22.5. The Hall–Kier alpha value is -3.54. The highest BCUT2D eigenvalue weighted by atomic mass is 16.5. The lowest BCUT2D eigenvalue weighted by Crippen LogP contribution is -2.28. The summed E-state index contributed by atoms with van der Waals surface area (Å²) in [6.45, 7) is 5.88. The monoisotopic (exact) mass is 404 g/mol. The van der Waals surface area contributed by atoms with Gasteiger partial charge in [-0.1, -0.05) is 6.58 Å². The fourth-order valence-electron chi connectivity index (χ4n) is 4.33. The molecule has 2 heterocycles. The van der Waals surface area contributed by atoms with Crippen molar-refractivity contribution in [3.63, 3.8) is 0 Å². The molecule has 2 aromatic rings. The Morgan fingerprint density at radius 3 is 2.47 bits per heavy atom. The minimum atomic E-state index is -0.196. The number of ether oxygens (including phenoxy) is 4. The van der Waals surface area contributed by atoms with Gasteiger partial charge in [-0.3, -0.25) is 9.59 Å². The Morgan fingerprint density at radius 1 is 1.03 bits per heavy atom. The summed E-state index contributed by atoms with van der Waals surface area (Å²) in [6.07, 6.45) is 0.336. The third-order valence-corrected chi connectivity index (χ3v) is 5.88. The van der Waals surface area contributed by atoms with Gasteiger partial charge in [-0.2, -0.15) is 0 Å². The van der Waals surface area contributed by atoms with E-state index in [4.69, 9.17) is 18.9 Å². The molecule has 2 aliphatic heterocycles. The molecule has 2 aromatic carbocycles. The van der Waals surface area contributed by atoms with Gasteiger partial charge in [0.15, 0.2) is 23.1 Å². The second-order valence-electron chi connectivity index (χ2n) is 7.63. The number of allylic oxidation sites excluding steroid dienone is 1. The maximum absolute atomic E-state index is 13.5. The number of fused-ring (bicyclic) bond motifs is 5. The van der Waals surface area contributed by atoms with Crippen LogP contribution in [0.25, 0.3) is 5.57 Å². The van der Waals surface area contributed by atoms with Crippen molar-refractivity contribution in [3.8, 4) is 23.0 Å². The van der Waals surface area contributed by atoms with Crippen molar-refractivity contribution in [2.24, 2.45) is 0 Å². The molecule has 0 spiro atoms. The van der Waals surface area contributed by atoms with Crippen molar-refractivity contribution < 1.29 is 28.5 Å². The van der Waals surface area contributed by atoms with Gasteiger partial charge in [0.1, 0.15) is 24.2 Å². The van der Waals surface area contributed by atoms with Crippen LogP contribution in [0.5, 0.6) is 23.0 Å². The summed E-state index contributed by atoms with van der Waals surface area (Å²) in [7, 11) is 3.05. The molecule has 0 radical (unpaired) electrons. The molecule has 1 unspecified atom stereocenters. The molecule has 0 amide bonds. The van der Waals surface area contributed by atoms with Gasteiger partial charge in [-0.15, -0.1) is 0 Å². The highest BCUT2D eigenvalue weighted by Crippen LogP contribution is 2.47. The number of carbonyl (C=O) groups excluding carboxylic acids is 2. The largest absolute Gasteiger partial charge is 0.493 e. The molecular weight excluding hydrogens is 384 g/mol. The van der Waals surface area contributed by atoms with E-state index in [9.17, 15) is 9.59 Å². The fraction of sp³-hybridized carbons (Fsp3) is 0.250. The second-order valence-corrected chi connectivity index (χ2v) is 7.63. The average Bonchev–Trinajstić information content (AvgIpc) is 3.20. The summed E-state index contributed by atoms with van der Waals surface area (Å²) in [6, 6.07) is 6.81. The van der Waals surface area contributed by atoms with Crippen molar-refractivity contribution in [1.82, 2.24) is 0 Å². The van der Waals surface area contributed by atoms with Crippen LogP contribution >= 0.6 is 0 Å². The quantitative estimate of drug-likeness (QED) is 0.725. The third kappa shape index (κ3) is 2.43. The smallest absolute Gasteiger partial charge is 0.195 e. The number of ketones is 2. The first kappa shape index (κ1) is 18.5. The maximum atomic E-state index is 13.5. The lowest BCUT2D eigenvalue weighted by molar-refractivity contribution is 0.0978. The first-order valence-corrected chi connectivity index (χ1v) is 9.64. The molecule has 1 aliphatic carbocycles. The average molecular weight is 404 g/mol. The van der Waals surface area contributed by atoms with E-state index in [2.05, 4.69) is 6.58 Å². The van der Waals surface area contributed by atoms with E-state index in [1.807, 2.05) is 6.92 Å². The van der Waals surface area contributed by atoms with Crippen LogP contribution in [0.4, 0.5) is 0 Å².